The van der Waals surface area contributed by atoms with Gasteiger partial charge in [-0.2, -0.15) is 0 Å². The van der Waals surface area contributed by atoms with Crippen LogP contribution in [0, 0.1) is 0 Å². The number of halogens is 1. The van der Waals surface area contributed by atoms with Crippen molar-refractivity contribution in [2.24, 2.45) is 0 Å². The molecule has 0 aliphatic carbocycles. The number of hydrogen-bond donors (Lipinski definition) is 1. The molecule has 0 amide bonds. The second-order valence-corrected chi connectivity index (χ2v) is 6.96. The second kappa shape index (κ2) is 2.93. The molecular weight excluding hydrogens is 183 g/mol. The number of hydrogen-bond acceptors (Lipinski definition) is 2. The van der Waals surface area contributed by atoms with Crippen LogP contribution in [0.5, 0.6) is 0 Å². The van der Waals surface area contributed by atoms with E-state index in [1.54, 1.807) is 6.66 Å². The lowest BCUT2D eigenvalue weighted by atomic mass is 10.2. The first-order valence-corrected chi connectivity index (χ1v) is 6.41. The molecule has 2 atom stereocenters. The van der Waals surface area contributed by atoms with Gasteiger partial charge in [0, 0.05) is 17.4 Å². The molecule has 0 saturated carbocycles. The van der Waals surface area contributed by atoms with Gasteiger partial charge in [0.15, 0.2) is 0 Å². The monoisotopic (exact) mass is 194 g/mol. The summed E-state index contributed by atoms with van der Waals surface area (Å²) in [5.74, 6) is 0. The molecule has 2 unspecified atom stereocenters. The quantitative estimate of drug-likeness (QED) is 0.598. The summed E-state index contributed by atoms with van der Waals surface area (Å²) in [4.78, 5) is 0. The van der Waals surface area contributed by atoms with E-state index in [1.165, 1.54) is 0 Å². The Morgan fingerprint density at radius 2 is 2.27 bits per heavy atom. The molecule has 0 radical (unpaired) electrons. The Balaban J connectivity index is 2.94. The average Bonchev–Trinajstić information content (AvgIpc) is 1.81. The van der Waals surface area contributed by atoms with Crippen LogP contribution in [-0.4, -0.2) is 30.2 Å². The van der Waals surface area contributed by atoms with E-state index in [1.807, 2.05) is 6.92 Å². The molecule has 0 fully saturated rings. The lowest BCUT2D eigenvalue weighted by Gasteiger charge is -2.24. The van der Waals surface area contributed by atoms with Crippen LogP contribution in [-0.2, 0) is 4.57 Å². The zero-order chi connectivity index (χ0) is 8.65. The van der Waals surface area contributed by atoms with Gasteiger partial charge in [-0.25, -0.2) is 0 Å². The van der Waals surface area contributed by atoms with Crippen molar-refractivity contribution in [1.82, 2.24) is 0 Å². The summed E-state index contributed by atoms with van der Waals surface area (Å²) in [5, 5.41) is 9.81. The third-order valence-electron chi connectivity index (χ3n) is 1.83. The Morgan fingerprint density at radius 3 is 2.73 bits per heavy atom. The second-order valence-electron chi connectivity index (χ2n) is 3.28. The Morgan fingerprint density at radius 1 is 1.73 bits per heavy atom. The van der Waals surface area contributed by atoms with Gasteiger partial charge in [0.05, 0.1) is 13.2 Å². The minimum atomic E-state index is -2.13. The Bertz CT molecular complexity index is 247. The van der Waals surface area contributed by atoms with Crippen LogP contribution >= 0.6 is 18.7 Å². The van der Waals surface area contributed by atoms with Gasteiger partial charge in [0.2, 0.25) is 0 Å². The zero-order valence-corrected chi connectivity index (χ0v) is 8.32. The maximum absolute atomic E-state index is 11.5. The van der Waals surface area contributed by atoms with Crippen molar-refractivity contribution in [2.75, 3.05) is 19.0 Å². The molecule has 11 heavy (non-hydrogen) atoms. The summed E-state index contributed by atoms with van der Waals surface area (Å²) in [5.41, 5.74) is 0.872. The van der Waals surface area contributed by atoms with Crippen molar-refractivity contribution in [3.63, 3.8) is 0 Å². The summed E-state index contributed by atoms with van der Waals surface area (Å²) in [6, 6.07) is 0. The molecule has 0 bridgehead atoms. The molecule has 1 heterocycles. The largest absolute Gasteiger partial charge is 0.387 e. The van der Waals surface area contributed by atoms with Crippen LogP contribution in [0.2, 0.25) is 0 Å². The maximum Gasteiger partial charge on any atom is 0.0963 e. The molecule has 0 aromatic heterocycles. The van der Waals surface area contributed by atoms with Crippen molar-refractivity contribution in [1.29, 1.82) is 0 Å². The molecule has 0 saturated heterocycles. The molecule has 1 aliphatic heterocycles. The number of aliphatic hydroxyl groups excluding tert-OH is 1. The normalized spacial score (nSPS) is 39.5. The molecule has 64 valence electrons. The first kappa shape index (κ1) is 9.31. The van der Waals surface area contributed by atoms with Crippen LogP contribution in [0.3, 0.4) is 0 Å². The SMILES string of the molecule is CC1=C(Cl)C(O)CP(C)(=O)C1. The van der Waals surface area contributed by atoms with Crippen LogP contribution in [0.25, 0.3) is 0 Å². The number of allylic oxidation sites excluding steroid dienone is 1. The van der Waals surface area contributed by atoms with Crippen LogP contribution < -0.4 is 0 Å². The standard InChI is InChI=1S/C7H12ClO2P/c1-5-3-11(2,10)4-6(9)7(5)8/h6,9H,3-4H2,1-2H3. The summed E-state index contributed by atoms with van der Waals surface area (Å²) >= 11 is 5.75. The van der Waals surface area contributed by atoms with E-state index in [9.17, 15) is 9.67 Å². The van der Waals surface area contributed by atoms with E-state index in [2.05, 4.69) is 0 Å². The van der Waals surface area contributed by atoms with Gasteiger partial charge in [0.1, 0.15) is 0 Å². The molecule has 0 aromatic rings. The number of rotatable bonds is 0. The third-order valence-corrected chi connectivity index (χ3v) is 4.67. The van der Waals surface area contributed by atoms with Gasteiger partial charge < -0.3 is 9.67 Å². The van der Waals surface area contributed by atoms with Crippen molar-refractivity contribution in [3.05, 3.63) is 10.6 Å². The van der Waals surface area contributed by atoms with Gasteiger partial charge in [-0.1, -0.05) is 11.6 Å². The third kappa shape index (κ3) is 2.08. The van der Waals surface area contributed by atoms with E-state index in [-0.39, 0.29) is 0 Å². The molecule has 1 N–H and O–H groups in total. The van der Waals surface area contributed by atoms with Gasteiger partial charge in [-0.3, -0.25) is 0 Å². The number of aliphatic hydroxyl groups is 1. The Hall–Kier alpha value is 0.220. The highest BCUT2D eigenvalue weighted by atomic mass is 35.5. The van der Waals surface area contributed by atoms with Gasteiger partial charge >= 0.3 is 0 Å². The average molecular weight is 195 g/mol. The minimum Gasteiger partial charge on any atom is -0.387 e. The highest BCUT2D eigenvalue weighted by Gasteiger charge is 2.29. The summed E-state index contributed by atoms with van der Waals surface area (Å²) < 4.78 is 11.5. The smallest absolute Gasteiger partial charge is 0.0963 e. The Kier molecular flexibility index (Phi) is 2.48. The molecule has 4 heteroatoms. The van der Waals surface area contributed by atoms with Crippen molar-refractivity contribution in [3.8, 4) is 0 Å². The van der Waals surface area contributed by atoms with E-state index in [0.29, 0.717) is 17.4 Å². The molecule has 0 spiro atoms. The van der Waals surface area contributed by atoms with Crippen LogP contribution in [0.4, 0.5) is 0 Å². The molecule has 1 rings (SSSR count). The summed E-state index contributed by atoms with van der Waals surface area (Å²) in [7, 11) is -2.13. The van der Waals surface area contributed by atoms with Crippen molar-refractivity contribution >= 4 is 18.7 Å². The van der Waals surface area contributed by atoms with Crippen molar-refractivity contribution in [2.45, 2.75) is 13.0 Å². The fourth-order valence-corrected chi connectivity index (χ4v) is 3.93. The zero-order valence-electron chi connectivity index (χ0n) is 6.67. The molecule has 2 nitrogen and oxygen atoms in total. The fourth-order valence-electron chi connectivity index (χ4n) is 1.37. The summed E-state index contributed by atoms with van der Waals surface area (Å²) in [6.45, 7) is 3.53. The predicted molar refractivity (Wildman–Crippen MR) is 47.8 cm³/mol. The molecule has 1 aliphatic rings. The first-order chi connectivity index (χ1) is 4.92. The van der Waals surface area contributed by atoms with Gasteiger partial charge in [-0.05, 0) is 19.2 Å². The van der Waals surface area contributed by atoms with E-state index >= 15 is 0 Å². The van der Waals surface area contributed by atoms with E-state index < -0.39 is 13.2 Å². The van der Waals surface area contributed by atoms with Crippen LogP contribution in [0.15, 0.2) is 10.6 Å². The predicted octanol–water partition coefficient (Wildman–Crippen LogP) is 1.87. The van der Waals surface area contributed by atoms with Gasteiger partial charge in [0.25, 0.3) is 0 Å². The lowest BCUT2D eigenvalue weighted by molar-refractivity contribution is 0.238. The van der Waals surface area contributed by atoms with Gasteiger partial charge in [-0.15, -0.1) is 0 Å². The lowest BCUT2D eigenvalue weighted by Crippen LogP contribution is -2.20. The van der Waals surface area contributed by atoms with Crippen LogP contribution in [0.1, 0.15) is 6.92 Å². The maximum atomic E-state index is 11.5. The van der Waals surface area contributed by atoms with Crippen molar-refractivity contribution < 1.29 is 9.67 Å². The van der Waals surface area contributed by atoms with E-state index in [0.717, 1.165) is 5.57 Å². The topological polar surface area (TPSA) is 37.3 Å². The minimum absolute atomic E-state index is 0.336. The summed E-state index contributed by atoms with van der Waals surface area (Å²) in [6.07, 6.45) is 0.202. The highest BCUT2D eigenvalue weighted by molar-refractivity contribution is 7.63. The first-order valence-electron chi connectivity index (χ1n) is 3.51. The molecular formula is C7H12ClO2P. The highest BCUT2D eigenvalue weighted by Crippen LogP contribution is 2.48. The Labute approximate surface area is 71.6 Å². The van der Waals surface area contributed by atoms with E-state index in [4.69, 9.17) is 11.6 Å². The molecule has 0 aromatic carbocycles. The fraction of sp³-hybridized carbons (Fsp3) is 0.714.